The summed E-state index contributed by atoms with van der Waals surface area (Å²) in [5.74, 6) is -1.78. The Labute approximate surface area is 124 Å². The van der Waals surface area contributed by atoms with Crippen molar-refractivity contribution in [2.75, 3.05) is 0 Å². The molecule has 0 aliphatic carbocycles. The summed E-state index contributed by atoms with van der Waals surface area (Å²) >= 11 is 0. The van der Waals surface area contributed by atoms with Gasteiger partial charge in [0.2, 0.25) is 17.1 Å². The van der Waals surface area contributed by atoms with Crippen molar-refractivity contribution in [1.29, 1.82) is 10.7 Å². The second-order valence-electron chi connectivity index (χ2n) is 4.76. The van der Waals surface area contributed by atoms with E-state index in [2.05, 4.69) is 4.98 Å². The van der Waals surface area contributed by atoms with E-state index in [1.165, 1.54) is 0 Å². The zero-order valence-electron chi connectivity index (χ0n) is 11.3. The molecule has 2 atom stereocenters. The van der Waals surface area contributed by atoms with Gasteiger partial charge in [0, 0.05) is 18.5 Å². The Morgan fingerprint density at radius 1 is 1.41 bits per heavy atom. The number of nitrogens with zero attached hydrogens (tertiary/aromatic N) is 2. The fourth-order valence-electron chi connectivity index (χ4n) is 2.46. The molecule has 2 aromatic rings. The topological polar surface area (TPSA) is 120 Å². The number of aromatic nitrogens is 1. The molecule has 7 nitrogen and oxygen atoms in total. The summed E-state index contributed by atoms with van der Waals surface area (Å²) in [5, 5.41) is 26.4. The molecule has 3 heterocycles. The Morgan fingerprint density at radius 3 is 2.77 bits per heavy atom. The van der Waals surface area contributed by atoms with Crippen LogP contribution in [0.2, 0.25) is 0 Å². The van der Waals surface area contributed by atoms with Crippen LogP contribution in [0, 0.1) is 22.7 Å². The third-order valence-electron chi connectivity index (χ3n) is 3.45. The molecule has 110 valence electrons. The summed E-state index contributed by atoms with van der Waals surface area (Å²) in [6.45, 7) is -0.444. The molecule has 0 saturated heterocycles. The van der Waals surface area contributed by atoms with Gasteiger partial charge in [-0.1, -0.05) is 0 Å². The number of hydrogen-bond donors (Lipinski definition) is 2. The van der Waals surface area contributed by atoms with Crippen LogP contribution in [0.1, 0.15) is 23.0 Å². The first-order valence-corrected chi connectivity index (χ1v) is 6.49. The van der Waals surface area contributed by atoms with E-state index in [-0.39, 0.29) is 23.2 Å². The average molecular weight is 297 g/mol. The van der Waals surface area contributed by atoms with Gasteiger partial charge in [0.1, 0.15) is 18.3 Å². The monoisotopic (exact) mass is 297 g/mol. The highest BCUT2D eigenvalue weighted by molar-refractivity contribution is 5.84. The van der Waals surface area contributed by atoms with Crippen molar-refractivity contribution in [1.82, 2.24) is 4.98 Å². The van der Waals surface area contributed by atoms with Crippen LogP contribution in [-0.2, 0) is 6.61 Å². The number of nitrogens with one attached hydrogen (secondary N) is 1. The van der Waals surface area contributed by atoms with Gasteiger partial charge in [-0.15, -0.1) is 0 Å². The van der Waals surface area contributed by atoms with Crippen molar-refractivity contribution in [3.05, 3.63) is 57.9 Å². The molecule has 0 saturated carbocycles. The van der Waals surface area contributed by atoms with Gasteiger partial charge < -0.3 is 14.3 Å². The van der Waals surface area contributed by atoms with Gasteiger partial charge >= 0.3 is 0 Å². The number of pyridine rings is 1. The van der Waals surface area contributed by atoms with Crippen LogP contribution in [0.15, 0.2) is 39.8 Å². The molecular formula is C15H11N3O4. The highest BCUT2D eigenvalue weighted by Crippen LogP contribution is 2.40. The van der Waals surface area contributed by atoms with Crippen molar-refractivity contribution < 1.29 is 14.3 Å². The van der Waals surface area contributed by atoms with Gasteiger partial charge in [0.25, 0.3) is 0 Å². The highest BCUT2D eigenvalue weighted by Gasteiger charge is 2.40. The first-order valence-electron chi connectivity index (χ1n) is 6.49. The SMILES string of the molecule is N#CC1C(=N)Oc2c(oc(CO)cc2=O)C1c1ccncc1. The minimum Gasteiger partial charge on any atom is -0.459 e. The average Bonchev–Trinajstić information content (AvgIpc) is 2.55. The van der Waals surface area contributed by atoms with Crippen LogP contribution in [0.3, 0.4) is 0 Å². The summed E-state index contributed by atoms with van der Waals surface area (Å²) in [5.41, 5.74) is 0.180. The Bertz CT molecular complexity index is 823. The lowest BCUT2D eigenvalue weighted by atomic mass is 9.83. The fraction of sp³-hybridized carbons (Fsp3) is 0.200. The predicted molar refractivity (Wildman–Crippen MR) is 74.4 cm³/mol. The molecule has 0 fully saturated rings. The standard InChI is InChI=1S/C15H11N3O4/c16-6-10-12(8-1-3-18-4-2-8)14-13(22-15(10)17)11(20)5-9(7-19)21-14/h1-5,10,12,17,19H,7H2. The molecule has 2 aromatic heterocycles. The lowest BCUT2D eigenvalue weighted by Gasteiger charge is -2.28. The van der Waals surface area contributed by atoms with Crippen LogP contribution in [-0.4, -0.2) is 16.0 Å². The minimum absolute atomic E-state index is 0.0801. The number of nitriles is 1. The molecule has 0 aromatic carbocycles. The van der Waals surface area contributed by atoms with Gasteiger partial charge in [-0.2, -0.15) is 5.26 Å². The Morgan fingerprint density at radius 2 is 2.14 bits per heavy atom. The second kappa shape index (κ2) is 5.42. The van der Waals surface area contributed by atoms with Gasteiger partial charge in [-0.05, 0) is 17.7 Å². The lowest BCUT2D eigenvalue weighted by Crippen LogP contribution is -2.33. The number of fused-ring (bicyclic) bond motifs is 1. The van der Waals surface area contributed by atoms with Crippen molar-refractivity contribution >= 4 is 5.90 Å². The maximum atomic E-state index is 12.1. The van der Waals surface area contributed by atoms with Gasteiger partial charge in [-0.3, -0.25) is 15.2 Å². The third-order valence-corrected chi connectivity index (χ3v) is 3.45. The van der Waals surface area contributed by atoms with Crippen molar-refractivity contribution in [2.45, 2.75) is 12.5 Å². The normalized spacial score (nSPS) is 19.9. The van der Waals surface area contributed by atoms with Gasteiger partial charge in [0.05, 0.1) is 12.0 Å². The van der Waals surface area contributed by atoms with Crippen LogP contribution in [0.5, 0.6) is 5.75 Å². The molecule has 1 aliphatic rings. The molecule has 7 heteroatoms. The van der Waals surface area contributed by atoms with Crippen molar-refractivity contribution in [3.63, 3.8) is 0 Å². The summed E-state index contributed by atoms with van der Waals surface area (Å²) < 4.78 is 10.7. The van der Waals surface area contributed by atoms with E-state index >= 15 is 0 Å². The molecule has 2 N–H and O–H groups in total. The Kier molecular flexibility index (Phi) is 3.45. The van der Waals surface area contributed by atoms with Gasteiger partial charge in [-0.25, -0.2) is 0 Å². The van der Waals surface area contributed by atoms with E-state index in [1.807, 2.05) is 6.07 Å². The molecule has 0 spiro atoms. The second-order valence-corrected chi connectivity index (χ2v) is 4.76. The maximum absolute atomic E-state index is 12.1. The first kappa shape index (κ1) is 14.0. The van der Waals surface area contributed by atoms with Crippen molar-refractivity contribution in [3.8, 4) is 11.8 Å². The number of rotatable bonds is 2. The maximum Gasteiger partial charge on any atom is 0.228 e. The lowest BCUT2D eigenvalue weighted by molar-refractivity contribution is 0.230. The van der Waals surface area contributed by atoms with E-state index in [0.29, 0.717) is 5.56 Å². The third kappa shape index (κ3) is 2.16. The molecule has 2 unspecified atom stereocenters. The summed E-state index contributed by atoms with van der Waals surface area (Å²) in [6, 6.07) is 6.49. The van der Waals surface area contributed by atoms with E-state index in [0.717, 1.165) is 6.07 Å². The van der Waals surface area contributed by atoms with E-state index in [4.69, 9.17) is 14.6 Å². The largest absolute Gasteiger partial charge is 0.459 e. The van der Waals surface area contributed by atoms with E-state index < -0.39 is 23.9 Å². The summed E-state index contributed by atoms with van der Waals surface area (Å²) in [4.78, 5) is 16.0. The first-order chi connectivity index (χ1) is 10.7. The zero-order chi connectivity index (χ0) is 15.7. The molecule has 3 rings (SSSR count). The van der Waals surface area contributed by atoms with Gasteiger partial charge in [0.15, 0.2) is 5.76 Å². The minimum atomic E-state index is -0.924. The van der Waals surface area contributed by atoms with E-state index in [9.17, 15) is 15.2 Å². The zero-order valence-corrected chi connectivity index (χ0v) is 11.3. The predicted octanol–water partition coefficient (Wildman–Crippen LogP) is 1.17. The summed E-state index contributed by atoms with van der Waals surface area (Å²) in [7, 11) is 0. The number of hydrogen-bond acceptors (Lipinski definition) is 7. The molecule has 0 amide bonds. The fourth-order valence-corrected chi connectivity index (χ4v) is 2.46. The summed E-state index contributed by atoms with van der Waals surface area (Å²) in [6.07, 6.45) is 3.10. The Hall–Kier alpha value is -2.98. The van der Waals surface area contributed by atoms with Crippen LogP contribution in [0.4, 0.5) is 0 Å². The molecular weight excluding hydrogens is 286 g/mol. The smallest absolute Gasteiger partial charge is 0.228 e. The highest BCUT2D eigenvalue weighted by atomic mass is 16.5. The van der Waals surface area contributed by atoms with Crippen LogP contribution >= 0.6 is 0 Å². The molecule has 1 aliphatic heterocycles. The number of aliphatic hydroxyl groups is 1. The number of ether oxygens (including phenoxy) is 1. The molecule has 0 bridgehead atoms. The van der Waals surface area contributed by atoms with Crippen LogP contribution < -0.4 is 10.2 Å². The molecule has 0 radical (unpaired) electrons. The number of aliphatic hydroxyl groups excluding tert-OH is 1. The van der Waals surface area contributed by atoms with E-state index in [1.54, 1.807) is 24.5 Å². The van der Waals surface area contributed by atoms with Crippen molar-refractivity contribution in [2.24, 2.45) is 5.92 Å². The van der Waals surface area contributed by atoms with Crippen LogP contribution in [0.25, 0.3) is 0 Å². The Balaban J connectivity index is 2.27. The quantitative estimate of drug-likeness (QED) is 0.858. The molecule has 22 heavy (non-hydrogen) atoms.